The summed E-state index contributed by atoms with van der Waals surface area (Å²) in [6.07, 6.45) is 2.16. The SMILES string of the molecule is CCC(CC)C(CNC(=O)c1ccc(F)cc1Br)N1CCOCC1. The molecule has 0 saturated carbocycles. The molecule has 4 nitrogen and oxygen atoms in total. The molecule has 1 fully saturated rings. The number of morpholine rings is 1. The van der Waals surface area contributed by atoms with Gasteiger partial charge in [0.1, 0.15) is 5.82 Å². The first-order valence-electron chi connectivity index (χ1n) is 8.61. The zero-order chi connectivity index (χ0) is 17.5. The van der Waals surface area contributed by atoms with Crippen molar-refractivity contribution in [3.8, 4) is 0 Å². The molecule has 1 saturated heterocycles. The molecule has 0 bridgehead atoms. The van der Waals surface area contributed by atoms with Gasteiger partial charge in [-0.25, -0.2) is 4.39 Å². The summed E-state index contributed by atoms with van der Waals surface area (Å²) in [6.45, 7) is 8.27. The smallest absolute Gasteiger partial charge is 0.252 e. The van der Waals surface area contributed by atoms with E-state index in [1.807, 2.05) is 0 Å². The lowest BCUT2D eigenvalue weighted by Gasteiger charge is -2.38. The molecule has 0 aliphatic carbocycles. The summed E-state index contributed by atoms with van der Waals surface area (Å²) in [4.78, 5) is 14.9. The molecule has 1 aliphatic heterocycles. The normalized spacial score (nSPS) is 17.0. The van der Waals surface area contributed by atoms with Crippen molar-refractivity contribution in [1.82, 2.24) is 10.2 Å². The lowest BCUT2D eigenvalue weighted by Crippen LogP contribution is -2.52. The van der Waals surface area contributed by atoms with Crippen molar-refractivity contribution >= 4 is 21.8 Å². The van der Waals surface area contributed by atoms with Gasteiger partial charge in [0.05, 0.1) is 18.8 Å². The van der Waals surface area contributed by atoms with Gasteiger partial charge in [0.25, 0.3) is 5.91 Å². The molecular formula is C18H26BrFN2O2. The van der Waals surface area contributed by atoms with Crippen LogP contribution in [0, 0.1) is 11.7 Å². The summed E-state index contributed by atoms with van der Waals surface area (Å²) < 4.78 is 19.1. The standard InChI is InChI=1S/C18H26BrFN2O2/c1-3-13(4-2)17(22-7-9-24-10-8-22)12-21-18(23)15-6-5-14(20)11-16(15)19/h5-6,11,13,17H,3-4,7-10,12H2,1-2H3,(H,21,23). The van der Waals surface area contributed by atoms with Crippen LogP contribution in [0.15, 0.2) is 22.7 Å². The Labute approximate surface area is 151 Å². The van der Waals surface area contributed by atoms with Crippen molar-refractivity contribution in [1.29, 1.82) is 0 Å². The fourth-order valence-corrected chi connectivity index (χ4v) is 3.83. The maximum absolute atomic E-state index is 13.2. The third-order valence-corrected chi connectivity index (χ3v) is 5.41. The number of ether oxygens (including phenoxy) is 1. The second-order valence-electron chi connectivity index (χ2n) is 6.13. The molecule has 1 unspecified atom stereocenters. The van der Waals surface area contributed by atoms with E-state index in [1.54, 1.807) is 0 Å². The van der Waals surface area contributed by atoms with Crippen molar-refractivity contribution in [2.75, 3.05) is 32.8 Å². The Morgan fingerprint density at radius 2 is 2.00 bits per heavy atom. The average molecular weight is 401 g/mol. The van der Waals surface area contributed by atoms with Crippen LogP contribution >= 0.6 is 15.9 Å². The van der Waals surface area contributed by atoms with Crippen molar-refractivity contribution < 1.29 is 13.9 Å². The number of carbonyl (C=O) groups excluding carboxylic acids is 1. The lowest BCUT2D eigenvalue weighted by molar-refractivity contribution is 0.00191. The summed E-state index contributed by atoms with van der Waals surface area (Å²) in [5.74, 6) is -0.00667. The number of rotatable bonds is 7. The molecule has 1 amide bonds. The average Bonchev–Trinajstić information content (AvgIpc) is 2.59. The van der Waals surface area contributed by atoms with Gasteiger partial charge in [0.2, 0.25) is 0 Å². The summed E-state index contributed by atoms with van der Waals surface area (Å²) in [6, 6.07) is 4.43. The van der Waals surface area contributed by atoms with Crippen LogP contribution < -0.4 is 5.32 Å². The minimum absolute atomic E-state index is 0.175. The highest BCUT2D eigenvalue weighted by atomic mass is 79.9. The molecule has 6 heteroatoms. The highest BCUT2D eigenvalue weighted by molar-refractivity contribution is 9.10. The second-order valence-corrected chi connectivity index (χ2v) is 6.98. The fraction of sp³-hybridized carbons (Fsp3) is 0.611. The number of carbonyl (C=O) groups is 1. The third-order valence-electron chi connectivity index (χ3n) is 4.76. The van der Waals surface area contributed by atoms with E-state index in [1.165, 1.54) is 18.2 Å². The van der Waals surface area contributed by atoms with Crippen LogP contribution in [0.1, 0.15) is 37.0 Å². The summed E-state index contributed by atoms with van der Waals surface area (Å²) in [5, 5.41) is 3.03. The Morgan fingerprint density at radius 3 is 2.58 bits per heavy atom. The van der Waals surface area contributed by atoms with E-state index in [2.05, 4.69) is 40.0 Å². The Balaban J connectivity index is 2.04. The van der Waals surface area contributed by atoms with Crippen LogP contribution in [-0.2, 0) is 4.74 Å². The van der Waals surface area contributed by atoms with Crippen LogP contribution in [0.25, 0.3) is 0 Å². The molecule has 0 spiro atoms. The highest BCUT2D eigenvalue weighted by Gasteiger charge is 2.27. The van der Waals surface area contributed by atoms with Crippen molar-refractivity contribution in [3.05, 3.63) is 34.1 Å². The van der Waals surface area contributed by atoms with E-state index in [9.17, 15) is 9.18 Å². The Hall–Kier alpha value is -0.980. The van der Waals surface area contributed by atoms with Gasteiger partial charge in [-0.3, -0.25) is 9.69 Å². The number of amides is 1. The molecule has 2 rings (SSSR count). The Morgan fingerprint density at radius 1 is 1.33 bits per heavy atom. The molecule has 0 radical (unpaired) electrons. The van der Waals surface area contributed by atoms with E-state index in [4.69, 9.17) is 4.74 Å². The summed E-state index contributed by atoms with van der Waals surface area (Å²) >= 11 is 3.26. The molecule has 134 valence electrons. The molecule has 1 atom stereocenters. The van der Waals surface area contributed by atoms with Gasteiger partial charge in [-0.05, 0) is 40.0 Å². The topological polar surface area (TPSA) is 41.6 Å². The fourth-order valence-electron chi connectivity index (χ4n) is 3.30. The van der Waals surface area contributed by atoms with Gasteiger partial charge >= 0.3 is 0 Å². The number of halogens is 2. The molecule has 24 heavy (non-hydrogen) atoms. The predicted octanol–water partition coefficient (Wildman–Crippen LogP) is 3.46. The van der Waals surface area contributed by atoms with Crippen molar-refractivity contribution in [2.45, 2.75) is 32.7 Å². The first-order chi connectivity index (χ1) is 11.6. The van der Waals surface area contributed by atoms with Gasteiger partial charge in [-0.2, -0.15) is 0 Å². The minimum Gasteiger partial charge on any atom is -0.379 e. The highest BCUT2D eigenvalue weighted by Crippen LogP contribution is 2.21. The van der Waals surface area contributed by atoms with Crippen LogP contribution in [0.5, 0.6) is 0 Å². The zero-order valence-corrected chi connectivity index (χ0v) is 15.9. The van der Waals surface area contributed by atoms with Gasteiger partial charge in [0.15, 0.2) is 0 Å². The van der Waals surface area contributed by atoms with E-state index in [0.717, 1.165) is 39.1 Å². The number of nitrogens with zero attached hydrogens (tertiary/aromatic N) is 1. The Bertz CT molecular complexity index is 546. The Kier molecular flexibility index (Phi) is 7.65. The van der Waals surface area contributed by atoms with E-state index >= 15 is 0 Å². The minimum atomic E-state index is -0.360. The van der Waals surface area contributed by atoms with Gasteiger partial charge in [-0.1, -0.05) is 26.7 Å². The molecular weight excluding hydrogens is 375 g/mol. The largest absolute Gasteiger partial charge is 0.379 e. The van der Waals surface area contributed by atoms with E-state index < -0.39 is 0 Å². The maximum atomic E-state index is 13.2. The van der Waals surface area contributed by atoms with E-state index in [0.29, 0.717) is 28.5 Å². The van der Waals surface area contributed by atoms with Crippen LogP contribution in [0.4, 0.5) is 4.39 Å². The number of hydrogen-bond donors (Lipinski definition) is 1. The monoisotopic (exact) mass is 400 g/mol. The van der Waals surface area contributed by atoms with Crippen LogP contribution in [-0.4, -0.2) is 49.7 Å². The van der Waals surface area contributed by atoms with Crippen LogP contribution in [0.3, 0.4) is 0 Å². The van der Waals surface area contributed by atoms with Crippen molar-refractivity contribution in [2.24, 2.45) is 5.92 Å². The van der Waals surface area contributed by atoms with E-state index in [-0.39, 0.29) is 11.7 Å². The molecule has 1 aromatic carbocycles. The molecule has 1 aliphatic rings. The first-order valence-corrected chi connectivity index (χ1v) is 9.41. The van der Waals surface area contributed by atoms with Gasteiger partial charge in [-0.15, -0.1) is 0 Å². The zero-order valence-electron chi connectivity index (χ0n) is 14.4. The lowest BCUT2D eigenvalue weighted by atomic mass is 9.92. The van der Waals surface area contributed by atoms with Crippen LogP contribution in [0.2, 0.25) is 0 Å². The summed E-state index contributed by atoms with van der Waals surface area (Å²) in [5.41, 5.74) is 0.460. The first kappa shape index (κ1) is 19.3. The van der Waals surface area contributed by atoms with Gasteiger partial charge in [0, 0.05) is 30.1 Å². The number of hydrogen-bond acceptors (Lipinski definition) is 3. The quantitative estimate of drug-likeness (QED) is 0.761. The number of benzene rings is 1. The molecule has 1 heterocycles. The summed E-state index contributed by atoms with van der Waals surface area (Å²) in [7, 11) is 0. The van der Waals surface area contributed by atoms with Crippen molar-refractivity contribution in [3.63, 3.8) is 0 Å². The second kappa shape index (κ2) is 9.49. The molecule has 1 aromatic rings. The maximum Gasteiger partial charge on any atom is 0.252 e. The molecule has 1 N–H and O–H groups in total. The van der Waals surface area contributed by atoms with Gasteiger partial charge < -0.3 is 10.1 Å². The molecule has 0 aromatic heterocycles. The predicted molar refractivity (Wildman–Crippen MR) is 96.7 cm³/mol. The third kappa shape index (κ3) is 5.01. The number of nitrogens with one attached hydrogen (secondary N) is 1.